The fraction of sp³-hybridized carbons (Fsp3) is 0.462. The summed E-state index contributed by atoms with van der Waals surface area (Å²) in [5, 5.41) is 11.8. The van der Waals surface area contributed by atoms with Crippen molar-refractivity contribution < 1.29 is 9.90 Å². The Morgan fingerprint density at radius 3 is 2.56 bits per heavy atom. The van der Waals surface area contributed by atoms with Crippen LogP contribution in [0.4, 0.5) is 5.95 Å². The van der Waals surface area contributed by atoms with Gasteiger partial charge in [-0.05, 0) is 18.9 Å². The molecule has 0 bridgehead atoms. The van der Waals surface area contributed by atoms with Crippen LogP contribution in [0.2, 0.25) is 0 Å². The molecule has 0 unspecified atom stereocenters. The molecule has 0 amide bonds. The van der Waals surface area contributed by atoms with Gasteiger partial charge in [0, 0.05) is 30.1 Å². The van der Waals surface area contributed by atoms with E-state index in [1.807, 2.05) is 0 Å². The van der Waals surface area contributed by atoms with E-state index in [1.54, 1.807) is 12.4 Å². The molecule has 1 aliphatic rings. The number of hydrogen-bond acceptors (Lipinski definition) is 4. The zero-order valence-corrected chi connectivity index (χ0v) is 10.2. The predicted octanol–water partition coefficient (Wildman–Crippen LogP) is 2.32. The van der Waals surface area contributed by atoms with E-state index in [1.165, 1.54) is 38.2 Å². The number of rotatable bonds is 4. The van der Waals surface area contributed by atoms with Gasteiger partial charge >= 0.3 is 5.97 Å². The van der Waals surface area contributed by atoms with Crippen LogP contribution in [-0.4, -0.2) is 27.1 Å². The Balaban J connectivity index is 1.92. The summed E-state index contributed by atoms with van der Waals surface area (Å²) in [5.74, 6) is -0.353. The zero-order valence-electron chi connectivity index (χ0n) is 10.2. The largest absolute Gasteiger partial charge is 0.478 e. The quantitative estimate of drug-likeness (QED) is 0.798. The molecule has 1 aromatic heterocycles. The summed E-state index contributed by atoms with van der Waals surface area (Å²) in [6.45, 7) is 0. The van der Waals surface area contributed by atoms with E-state index in [2.05, 4.69) is 15.3 Å². The maximum Gasteiger partial charge on any atom is 0.328 e. The van der Waals surface area contributed by atoms with Crippen LogP contribution in [-0.2, 0) is 4.79 Å². The standard InChI is InChI=1S/C13H17N3O2/c17-12(18)7-6-10-8-14-13(15-9-10)16-11-4-2-1-3-5-11/h6-9,11H,1-5H2,(H,17,18)(H,14,15,16)/b7-6+. The first-order valence-corrected chi connectivity index (χ1v) is 6.23. The van der Waals surface area contributed by atoms with Gasteiger partial charge in [-0.2, -0.15) is 0 Å². The molecule has 2 rings (SSSR count). The van der Waals surface area contributed by atoms with E-state index < -0.39 is 5.97 Å². The zero-order chi connectivity index (χ0) is 12.8. The molecule has 0 atom stereocenters. The van der Waals surface area contributed by atoms with Crippen molar-refractivity contribution in [2.45, 2.75) is 38.1 Å². The molecule has 0 aliphatic heterocycles. The topological polar surface area (TPSA) is 75.1 Å². The van der Waals surface area contributed by atoms with E-state index in [9.17, 15) is 4.79 Å². The molecule has 1 fully saturated rings. The molecule has 5 nitrogen and oxygen atoms in total. The number of nitrogens with one attached hydrogen (secondary N) is 1. The van der Waals surface area contributed by atoms with Gasteiger partial charge in [0.2, 0.25) is 5.95 Å². The molecule has 96 valence electrons. The maximum absolute atomic E-state index is 10.4. The van der Waals surface area contributed by atoms with E-state index in [-0.39, 0.29) is 0 Å². The van der Waals surface area contributed by atoms with E-state index in [0.29, 0.717) is 17.6 Å². The molecule has 18 heavy (non-hydrogen) atoms. The third kappa shape index (κ3) is 3.84. The maximum atomic E-state index is 10.4. The molecule has 0 aromatic carbocycles. The number of carbonyl (C=O) groups is 1. The van der Waals surface area contributed by atoms with E-state index in [0.717, 1.165) is 6.08 Å². The second-order valence-electron chi connectivity index (χ2n) is 4.49. The molecule has 0 spiro atoms. The highest BCUT2D eigenvalue weighted by Crippen LogP contribution is 2.19. The highest BCUT2D eigenvalue weighted by atomic mass is 16.4. The van der Waals surface area contributed by atoms with Crippen molar-refractivity contribution in [1.29, 1.82) is 0 Å². The average Bonchev–Trinajstić information content (AvgIpc) is 2.39. The lowest BCUT2D eigenvalue weighted by molar-refractivity contribution is -0.131. The van der Waals surface area contributed by atoms with Crippen molar-refractivity contribution in [3.05, 3.63) is 24.0 Å². The molecular weight excluding hydrogens is 230 g/mol. The van der Waals surface area contributed by atoms with Crippen LogP contribution in [0.3, 0.4) is 0 Å². The van der Waals surface area contributed by atoms with Crippen molar-refractivity contribution in [1.82, 2.24) is 9.97 Å². The van der Waals surface area contributed by atoms with E-state index >= 15 is 0 Å². The Morgan fingerprint density at radius 1 is 1.28 bits per heavy atom. The third-order valence-electron chi connectivity index (χ3n) is 3.03. The van der Waals surface area contributed by atoms with Gasteiger partial charge in [0.25, 0.3) is 0 Å². The minimum atomic E-state index is -0.973. The SMILES string of the molecule is O=C(O)/C=C/c1cnc(NC2CCCCC2)nc1. The molecule has 5 heteroatoms. The Kier molecular flexibility index (Phi) is 4.28. The summed E-state index contributed by atoms with van der Waals surface area (Å²) >= 11 is 0. The Hall–Kier alpha value is -1.91. The van der Waals surface area contributed by atoms with E-state index in [4.69, 9.17) is 5.11 Å². The Morgan fingerprint density at radius 2 is 1.94 bits per heavy atom. The van der Waals surface area contributed by atoms with Gasteiger partial charge in [-0.1, -0.05) is 19.3 Å². The highest BCUT2D eigenvalue weighted by molar-refractivity contribution is 5.85. The van der Waals surface area contributed by atoms with Crippen molar-refractivity contribution in [3.8, 4) is 0 Å². The van der Waals surface area contributed by atoms with Crippen LogP contribution in [0, 0.1) is 0 Å². The lowest BCUT2D eigenvalue weighted by atomic mass is 9.96. The minimum Gasteiger partial charge on any atom is -0.478 e. The summed E-state index contributed by atoms with van der Waals surface area (Å²) in [4.78, 5) is 18.7. The summed E-state index contributed by atoms with van der Waals surface area (Å²) < 4.78 is 0. The second-order valence-corrected chi connectivity index (χ2v) is 4.49. The first-order chi connectivity index (χ1) is 8.74. The van der Waals surface area contributed by atoms with Gasteiger partial charge in [-0.3, -0.25) is 0 Å². The smallest absolute Gasteiger partial charge is 0.328 e. The van der Waals surface area contributed by atoms with Crippen molar-refractivity contribution >= 4 is 18.0 Å². The molecule has 0 radical (unpaired) electrons. The van der Waals surface area contributed by atoms with Gasteiger partial charge in [0.05, 0.1) is 0 Å². The first-order valence-electron chi connectivity index (χ1n) is 6.23. The summed E-state index contributed by atoms with van der Waals surface area (Å²) in [5.41, 5.74) is 0.687. The fourth-order valence-electron chi connectivity index (χ4n) is 2.10. The van der Waals surface area contributed by atoms with Crippen LogP contribution >= 0.6 is 0 Å². The lowest BCUT2D eigenvalue weighted by Gasteiger charge is -2.22. The van der Waals surface area contributed by atoms with Gasteiger partial charge in [0.1, 0.15) is 0 Å². The van der Waals surface area contributed by atoms with Gasteiger partial charge < -0.3 is 10.4 Å². The number of carboxylic acid groups (broad SMARTS) is 1. The average molecular weight is 247 g/mol. The number of hydrogen-bond donors (Lipinski definition) is 2. The Bertz CT molecular complexity index is 422. The highest BCUT2D eigenvalue weighted by Gasteiger charge is 2.13. The summed E-state index contributed by atoms with van der Waals surface area (Å²) in [6, 6.07) is 0.471. The number of aromatic nitrogens is 2. The molecule has 1 aromatic rings. The van der Waals surface area contributed by atoms with Crippen LogP contribution in [0.1, 0.15) is 37.7 Å². The van der Waals surface area contributed by atoms with Crippen molar-refractivity contribution in [3.63, 3.8) is 0 Å². The minimum absolute atomic E-state index is 0.471. The van der Waals surface area contributed by atoms with Crippen LogP contribution in [0.5, 0.6) is 0 Å². The number of nitrogens with zero attached hydrogens (tertiary/aromatic N) is 2. The van der Waals surface area contributed by atoms with Gasteiger partial charge in [-0.15, -0.1) is 0 Å². The third-order valence-corrected chi connectivity index (χ3v) is 3.03. The molecule has 1 aliphatic carbocycles. The summed E-state index contributed by atoms with van der Waals surface area (Å²) in [7, 11) is 0. The van der Waals surface area contributed by atoms with Crippen molar-refractivity contribution in [2.24, 2.45) is 0 Å². The van der Waals surface area contributed by atoms with Crippen LogP contribution in [0.15, 0.2) is 18.5 Å². The normalized spacial score (nSPS) is 16.9. The number of anilines is 1. The number of carboxylic acids is 1. The second kappa shape index (κ2) is 6.14. The lowest BCUT2D eigenvalue weighted by Crippen LogP contribution is -2.23. The molecule has 2 N–H and O–H groups in total. The number of aliphatic carboxylic acids is 1. The Labute approximate surface area is 106 Å². The molecule has 1 heterocycles. The van der Waals surface area contributed by atoms with Gasteiger partial charge in [0.15, 0.2) is 0 Å². The molecule has 1 saturated carbocycles. The monoisotopic (exact) mass is 247 g/mol. The predicted molar refractivity (Wildman–Crippen MR) is 69.2 cm³/mol. The fourth-order valence-corrected chi connectivity index (χ4v) is 2.10. The summed E-state index contributed by atoms with van der Waals surface area (Å²) in [6.07, 6.45) is 12.0. The molecule has 0 saturated heterocycles. The van der Waals surface area contributed by atoms with Gasteiger partial charge in [-0.25, -0.2) is 14.8 Å². The van der Waals surface area contributed by atoms with Crippen LogP contribution in [0.25, 0.3) is 6.08 Å². The first kappa shape index (κ1) is 12.5. The molecular formula is C13H17N3O2. The van der Waals surface area contributed by atoms with Crippen LogP contribution < -0.4 is 5.32 Å². The van der Waals surface area contributed by atoms with Crippen molar-refractivity contribution in [2.75, 3.05) is 5.32 Å².